The SMILES string of the molecule is CCNC(c1cccnc1)c1ccccc1SC. The lowest BCUT2D eigenvalue weighted by atomic mass is 10.00. The second-order valence-corrected chi connectivity index (χ2v) is 4.87. The number of nitrogens with one attached hydrogen (secondary N) is 1. The van der Waals surface area contributed by atoms with Crippen molar-refractivity contribution in [3.05, 3.63) is 59.9 Å². The Hall–Kier alpha value is -1.32. The molecule has 18 heavy (non-hydrogen) atoms. The van der Waals surface area contributed by atoms with Gasteiger partial charge in [0, 0.05) is 17.3 Å². The first-order valence-electron chi connectivity index (χ1n) is 6.13. The highest BCUT2D eigenvalue weighted by molar-refractivity contribution is 7.98. The van der Waals surface area contributed by atoms with E-state index in [4.69, 9.17) is 0 Å². The Bertz CT molecular complexity index is 485. The molecule has 1 heterocycles. The predicted molar refractivity (Wildman–Crippen MR) is 78.0 cm³/mol. The summed E-state index contributed by atoms with van der Waals surface area (Å²) in [5, 5.41) is 3.54. The van der Waals surface area contributed by atoms with E-state index < -0.39 is 0 Å². The summed E-state index contributed by atoms with van der Waals surface area (Å²) in [5.74, 6) is 0. The number of benzene rings is 1. The minimum Gasteiger partial charge on any atom is -0.306 e. The van der Waals surface area contributed by atoms with Gasteiger partial charge in [0.1, 0.15) is 0 Å². The molecule has 0 aliphatic heterocycles. The molecule has 1 aromatic carbocycles. The molecular weight excluding hydrogens is 240 g/mol. The van der Waals surface area contributed by atoms with Crippen LogP contribution in [0.2, 0.25) is 0 Å². The van der Waals surface area contributed by atoms with Crippen LogP contribution in [0.4, 0.5) is 0 Å². The van der Waals surface area contributed by atoms with Crippen LogP contribution >= 0.6 is 11.8 Å². The number of hydrogen-bond donors (Lipinski definition) is 1. The molecule has 1 unspecified atom stereocenters. The zero-order chi connectivity index (χ0) is 12.8. The highest BCUT2D eigenvalue weighted by Gasteiger charge is 2.15. The van der Waals surface area contributed by atoms with Gasteiger partial charge in [0.25, 0.3) is 0 Å². The van der Waals surface area contributed by atoms with Gasteiger partial charge in [0.05, 0.1) is 6.04 Å². The van der Waals surface area contributed by atoms with Crippen molar-refractivity contribution >= 4 is 11.8 Å². The average Bonchev–Trinajstić information content (AvgIpc) is 2.46. The van der Waals surface area contributed by atoms with E-state index in [9.17, 15) is 0 Å². The van der Waals surface area contributed by atoms with Crippen LogP contribution in [0, 0.1) is 0 Å². The molecule has 0 radical (unpaired) electrons. The van der Waals surface area contributed by atoms with Crippen molar-refractivity contribution in [3.8, 4) is 0 Å². The first-order chi connectivity index (χ1) is 8.86. The van der Waals surface area contributed by atoms with Gasteiger partial charge in [0.2, 0.25) is 0 Å². The summed E-state index contributed by atoms with van der Waals surface area (Å²) in [6, 6.07) is 12.9. The van der Waals surface area contributed by atoms with Crippen LogP contribution in [0.3, 0.4) is 0 Å². The Morgan fingerprint density at radius 2 is 2.06 bits per heavy atom. The number of aromatic nitrogens is 1. The summed E-state index contributed by atoms with van der Waals surface area (Å²) < 4.78 is 0. The molecule has 2 nitrogen and oxygen atoms in total. The summed E-state index contributed by atoms with van der Waals surface area (Å²) in [4.78, 5) is 5.53. The Kier molecular flexibility index (Phi) is 4.79. The Morgan fingerprint density at radius 3 is 2.72 bits per heavy atom. The third kappa shape index (κ3) is 2.92. The number of rotatable bonds is 5. The van der Waals surface area contributed by atoms with E-state index >= 15 is 0 Å². The smallest absolute Gasteiger partial charge is 0.0602 e. The molecular formula is C15H18N2S. The molecule has 0 fully saturated rings. The van der Waals surface area contributed by atoms with Crippen molar-refractivity contribution in [2.24, 2.45) is 0 Å². The summed E-state index contributed by atoms with van der Waals surface area (Å²) in [7, 11) is 0. The quantitative estimate of drug-likeness (QED) is 0.831. The van der Waals surface area contributed by atoms with E-state index in [-0.39, 0.29) is 6.04 Å². The standard InChI is InChI=1S/C15H18N2S/c1-3-17-15(12-7-6-10-16-11-12)13-8-4-5-9-14(13)18-2/h4-11,15,17H,3H2,1-2H3. The van der Waals surface area contributed by atoms with Gasteiger partial charge in [-0.2, -0.15) is 0 Å². The second-order valence-electron chi connectivity index (χ2n) is 4.02. The lowest BCUT2D eigenvalue weighted by Crippen LogP contribution is -2.22. The normalized spacial score (nSPS) is 12.3. The Balaban J connectivity index is 2.41. The molecule has 1 aromatic heterocycles. The first-order valence-corrected chi connectivity index (χ1v) is 7.35. The van der Waals surface area contributed by atoms with Gasteiger partial charge in [-0.25, -0.2) is 0 Å². The van der Waals surface area contributed by atoms with Crippen LogP contribution in [0.1, 0.15) is 24.1 Å². The van der Waals surface area contributed by atoms with Crippen molar-refractivity contribution in [2.75, 3.05) is 12.8 Å². The fourth-order valence-electron chi connectivity index (χ4n) is 2.06. The van der Waals surface area contributed by atoms with Crippen molar-refractivity contribution in [2.45, 2.75) is 17.9 Å². The van der Waals surface area contributed by atoms with Crippen LogP contribution in [0.15, 0.2) is 53.7 Å². The molecule has 0 bridgehead atoms. The Labute approximate surface area is 113 Å². The molecule has 0 aliphatic carbocycles. The third-order valence-corrected chi connectivity index (χ3v) is 3.69. The molecule has 1 atom stereocenters. The molecule has 3 heteroatoms. The molecule has 1 N–H and O–H groups in total. The van der Waals surface area contributed by atoms with E-state index in [0.29, 0.717) is 0 Å². The van der Waals surface area contributed by atoms with Gasteiger partial charge >= 0.3 is 0 Å². The van der Waals surface area contributed by atoms with Gasteiger partial charge in [-0.15, -0.1) is 11.8 Å². The molecule has 0 spiro atoms. The highest BCUT2D eigenvalue weighted by atomic mass is 32.2. The van der Waals surface area contributed by atoms with Crippen LogP contribution in [0.25, 0.3) is 0 Å². The number of hydrogen-bond acceptors (Lipinski definition) is 3. The molecule has 2 rings (SSSR count). The minimum absolute atomic E-state index is 0.215. The summed E-state index contributed by atoms with van der Waals surface area (Å²) in [5.41, 5.74) is 2.53. The number of pyridine rings is 1. The predicted octanol–water partition coefficient (Wildman–Crippen LogP) is 3.50. The van der Waals surface area contributed by atoms with Gasteiger partial charge in [-0.1, -0.05) is 31.2 Å². The number of thioether (sulfide) groups is 1. The van der Waals surface area contributed by atoms with E-state index in [0.717, 1.165) is 6.54 Å². The maximum atomic E-state index is 4.22. The van der Waals surface area contributed by atoms with Crippen LogP contribution in [-0.2, 0) is 0 Å². The average molecular weight is 258 g/mol. The Morgan fingerprint density at radius 1 is 1.22 bits per heavy atom. The summed E-state index contributed by atoms with van der Waals surface area (Å²) in [6.45, 7) is 3.06. The van der Waals surface area contributed by atoms with Gasteiger partial charge in [-0.05, 0) is 36.1 Å². The number of nitrogens with zero attached hydrogens (tertiary/aromatic N) is 1. The van der Waals surface area contributed by atoms with Gasteiger partial charge in [-0.3, -0.25) is 4.98 Å². The van der Waals surface area contributed by atoms with Gasteiger partial charge < -0.3 is 5.32 Å². The molecule has 0 amide bonds. The van der Waals surface area contributed by atoms with E-state index in [2.05, 4.69) is 53.8 Å². The lowest BCUT2D eigenvalue weighted by molar-refractivity contribution is 0.620. The van der Waals surface area contributed by atoms with Crippen molar-refractivity contribution < 1.29 is 0 Å². The van der Waals surface area contributed by atoms with Crippen LogP contribution in [-0.4, -0.2) is 17.8 Å². The fourth-order valence-corrected chi connectivity index (χ4v) is 2.70. The fraction of sp³-hybridized carbons (Fsp3) is 0.267. The molecule has 0 saturated heterocycles. The molecule has 94 valence electrons. The first kappa shape index (κ1) is 13.1. The topological polar surface area (TPSA) is 24.9 Å². The highest BCUT2D eigenvalue weighted by Crippen LogP contribution is 2.29. The molecule has 2 aromatic rings. The lowest BCUT2D eigenvalue weighted by Gasteiger charge is -2.20. The van der Waals surface area contributed by atoms with Crippen LogP contribution < -0.4 is 5.32 Å². The second kappa shape index (κ2) is 6.57. The van der Waals surface area contributed by atoms with Crippen LogP contribution in [0.5, 0.6) is 0 Å². The van der Waals surface area contributed by atoms with Crippen molar-refractivity contribution in [1.29, 1.82) is 0 Å². The van der Waals surface area contributed by atoms with E-state index in [1.54, 1.807) is 11.8 Å². The van der Waals surface area contributed by atoms with Gasteiger partial charge in [0.15, 0.2) is 0 Å². The largest absolute Gasteiger partial charge is 0.306 e. The zero-order valence-corrected chi connectivity index (χ0v) is 11.6. The molecule has 0 aliphatic rings. The summed E-state index contributed by atoms with van der Waals surface area (Å²) in [6.07, 6.45) is 5.86. The van der Waals surface area contributed by atoms with E-state index in [1.165, 1.54) is 16.0 Å². The minimum atomic E-state index is 0.215. The third-order valence-electron chi connectivity index (χ3n) is 2.88. The zero-order valence-electron chi connectivity index (χ0n) is 10.8. The van der Waals surface area contributed by atoms with Crippen molar-refractivity contribution in [3.63, 3.8) is 0 Å². The van der Waals surface area contributed by atoms with E-state index in [1.807, 2.05) is 18.5 Å². The monoisotopic (exact) mass is 258 g/mol. The maximum Gasteiger partial charge on any atom is 0.0602 e. The van der Waals surface area contributed by atoms with Crippen molar-refractivity contribution in [1.82, 2.24) is 10.3 Å². The maximum absolute atomic E-state index is 4.22. The summed E-state index contributed by atoms with van der Waals surface area (Å²) >= 11 is 1.78. The molecule has 0 saturated carbocycles.